The fourth-order valence-corrected chi connectivity index (χ4v) is 6.14. The van der Waals surface area contributed by atoms with Crippen molar-refractivity contribution in [1.29, 1.82) is 0 Å². The summed E-state index contributed by atoms with van der Waals surface area (Å²) in [6.07, 6.45) is 3.63. The molecular formula is C24H27ClN4O4S2. The standard InChI is InChI=1S/C24H27ClN4O4S2/c1-13(2)33-23(31)20-15-7-5-6-8-18(15)35-22(20)26-19(30)12-34-24-28-27-21(29(24)3)16-11-14(25)9-10-17(16)32-4/h9-11,13H,5-8,12H2,1-4H3,(H,26,30). The summed E-state index contributed by atoms with van der Waals surface area (Å²) in [7, 11) is 3.40. The number of hydrogen-bond acceptors (Lipinski definition) is 8. The van der Waals surface area contributed by atoms with E-state index < -0.39 is 0 Å². The monoisotopic (exact) mass is 534 g/mol. The van der Waals surface area contributed by atoms with Gasteiger partial charge in [-0.15, -0.1) is 21.5 Å². The average Bonchev–Trinajstić information content (AvgIpc) is 3.36. The van der Waals surface area contributed by atoms with E-state index in [1.165, 1.54) is 23.1 Å². The molecule has 11 heteroatoms. The number of aryl methyl sites for hydroxylation is 1. The minimum absolute atomic E-state index is 0.111. The van der Waals surface area contributed by atoms with Crippen LogP contribution < -0.4 is 10.1 Å². The lowest BCUT2D eigenvalue weighted by molar-refractivity contribution is -0.113. The van der Waals surface area contributed by atoms with Gasteiger partial charge in [0.1, 0.15) is 10.8 Å². The Morgan fingerprint density at radius 2 is 2.03 bits per heavy atom. The van der Waals surface area contributed by atoms with Gasteiger partial charge in [0.15, 0.2) is 11.0 Å². The second-order valence-corrected chi connectivity index (χ2v) is 10.9. The molecule has 0 saturated carbocycles. The fourth-order valence-electron chi connectivity index (χ4n) is 3.97. The van der Waals surface area contributed by atoms with E-state index in [0.717, 1.165) is 36.1 Å². The van der Waals surface area contributed by atoms with Crippen molar-refractivity contribution in [3.8, 4) is 17.1 Å². The molecule has 186 valence electrons. The molecular weight excluding hydrogens is 508 g/mol. The quantitative estimate of drug-likeness (QED) is 0.306. The number of anilines is 1. The molecule has 2 aromatic heterocycles. The van der Waals surface area contributed by atoms with Crippen molar-refractivity contribution in [3.63, 3.8) is 0 Å². The van der Waals surface area contributed by atoms with E-state index in [1.54, 1.807) is 29.9 Å². The maximum absolute atomic E-state index is 12.9. The van der Waals surface area contributed by atoms with Gasteiger partial charge in [0.25, 0.3) is 0 Å². The Labute approximate surface area is 217 Å². The first kappa shape index (κ1) is 25.5. The molecule has 1 aliphatic rings. The highest BCUT2D eigenvalue weighted by Crippen LogP contribution is 2.39. The number of halogens is 1. The van der Waals surface area contributed by atoms with E-state index >= 15 is 0 Å². The Balaban J connectivity index is 1.49. The SMILES string of the molecule is COc1ccc(Cl)cc1-c1nnc(SCC(=O)Nc2sc3c(c2C(=O)OC(C)C)CCCC3)n1C. The third-order valence-corrected chi connectivity index (χ3v) is 8.00. The van der Waals surface area contributed by atoms with E-state index in [2.05, 4.69) is 15.5 Å². The molecule has 0 saturated heterocycles. The highest BCUT2D eigenvalue weighted by Gasteiger charge is 2.28. The summed E-state index contributed by atoms with van der Waals surface area (Å²) in [5.41, 5.74) is 2.23. The van der Waals surface area contributed by atoms with Crippen LogP contribution in [0, 0.1) is 0 Å². The topological polar surface area (TPSA) is 95.3 Å². The normalized spacial score (nSPS) is 13.0. The highest BCUT2D eigenvalue weighted by molar-refractivity contribution is 7.99. The molecule has 1 aliphatic carbocycles. The molecule has 3 aromatic rings. The molecule has 8 nitrogen and oxygen atoms in total. The number of nitrogens with zero attached hydrogens (tertiary/aromatic N) is 3. The van der Waals surface area contributed by atoms with Crippen LogP contribution >= 0.6 is 34.7 Å². The molecule has 0 atom stereocenters. The Morgan fingerprint density at radius 1 is 1.26 bits per heavy atom. The first-order valence-electron chi connectivity index (χ1n) is 11.3. The minimum atomic E-state index is -0.379. The number of fused-ring (bicyclic) bond motifs is 1. The van der Waals surface area contributed by atoms with Gasteiger partial charge in [0, 0.05) is 16.9 Å². The molecule has 4 rings (SSSR count). The van der Waals surface area contributed by atoms with Crippen molar-refractivity contribution < 1.29 is 19.1 Å². The maximum Gasteiger partial charge on any atom is 0.341 e. The van der Waals surface area contributed by atoms with Crippen molar-refractivity contribution in [2.75, 3.05) is 18.2 Å². The van der Waals surface area contributed by atoms with Crippen LogP contribution in [-0.4, -0.2) is 45.6 Å². The maximum atomic E-state index is 12.9. The predicted molar refractivity (Wildman–Crippen MR) is 139 cm³/mol. The number of esters is 1. The zero-order valence-electron chi connectivity index (χ0n) is 20.0. The van der Waals surface area contributed by atoms with Crippen molar-refractivity contribution in [2.24, 2.45) is 7.05 Å². The first-order chi connectivity index (χ1) is 16.8. The van der Waals surface area contributed by atoms with Crippen LogP contribution in [0.1, 0.15) is 47.5 Å². The number of carbonyl (C=O) groups is 2. The van der Waals surface area contributed by atoms with Gasteiger partial charge in [-0.1, -0.05) is 23.4 Å². The van der Waals surface area contributed by atoms with Crippen molar-refractivity contribution in [3.05, 3.63) is 39.2 Å². The van der Waals surface area contributed by atoms with Crippen LogP contribution in [0.3, 0.4) is 0 Å². The summed E-state index contributed by atoms with van der Waals surface area (Å²) >= 11 is 8.89. The number of thioether (sulfide) groups is 1. The lowest BCUT2D eigenvalue weighted by Gasteiger charge is -2.14. The molecule has 0 fully saturated rings. The third kappa shape index (κ3) is 5.65. The summed E-state index contributed by atoms with van der Waals surface area (Å²) in [6, 6.07) is 5.28. The number of thiophene rings is 1. The van der Waals surface area contributed by atoms with Gasteiger partial charge in [-0.05, 0) is 63.3 Å². The molecule has 1 amide bonds. The summed E-state index contributed by atoms with van der Waals surface area (Å²) in [5, 5.41) is 13.1. The van der Waals surface area contributed by atoms with Crippen LogP contribution in [0.15, 0.2) is 23.4 Å². The zero-order chi connectivity index (χ0) is 25.1. The number of nitrogens with one attached hydrogen (secondary N) is 1. The minimum Gasteiger partial charge on any atom is -0.496 e. The van der Waals surface area contributed by atoms with E-state index in [0.29, 0.717) is 37.9 Å². The Bertz CT molecular complexity index is 1250. The molecule has 35 heavy (non-hydrogen) atoms. The van der Waals surface area contributed by atoms with Crippen molar-refractivity contribution in [1.82, 2.24) is 14.8 Å². The van der Waals surface area contributed by atoms with Crippen LogP contribution in [0.25, 0.3) is 11.4 Å². The van der Waals surface area contributed by atoms with Gasteiger partial charge in [0.05, 0.1) is 30.1 Å². The first-order valence-corrected chi connectivity index (χ1v) is 13.5. The number of rotatable bonds is 8. The average molecular weight is 535 g/mol. The van der Waals surface area contributed by atoms with Crippen molar-refractivity contribution in [2.45, 2.75) is 50.8 Å². The van der Waals surface area contributed by atoms with E-state index in [-0.39, 0.29) is 23.7 Å². The van der Waals surface area contributed by atoms with Gasteiger partial charge in [-0.25, -0.2) is 4.79 Å². The Morgan fingerprint density at radius 3 is 2.77 bits per heavy atom. The molecule has 1 N–H and O–H groups in total. The summed E-state index contributed by atoms with van der Waals surface area (Å²) in [5.74, 6) is 0.714. The van der Waals surface area contributed by atoms with E-state index in [1.807, 2.05) is 20.9 Å². The van der Waals surface area contributed by atoms with Crippen LogP contribution in [0.4, 0.5) is 5.00 Å². The zero-order valence-corrected chi connectivity index (χ0v) is 22.4. The number of aromatic nitrogens is 3. The van der Waals surface area contributed by atoms with Crippen LogP contribution in [0.5, 0.6) is 5.75 Å². The van der Waals surface area contributed by atoms with Gasteiger partial charge < -0.3 is 19.4 Å². The largest absolute Gasteiger partial charge is 0.496 e. The molecule has 2 heterocycles. The van der Waals surface area contributed by atoms with Gasteiger partial charge in [-0.2, -0.15) is 0 Å². The predicted octanol–water partition coefficient (Wildman–Crippen LogP) is 5.38. The summed E-state index contributed by atoms with van der Waals surface area (Å²) in [4.78, 5) is 26.8. The lowest BCUT2D eigenvalue weighted by Crippen LogP contribution is -2.19. The van der Waals surface area contributed by atoms with Gasteiger partial charge in [0.2, 0.25) is 5.91 Å². The number of carbonyl (C=O) groups excluding carboxylic acids is 2. The molecule has 0 aliphatic heterocycles. The summed E-state index contributed by atoms with van der Waals surface area (Å²) < 4.78 is 12.7. The second-order valence-electron chi connectivity index (χ2n) is 8.42. The second kappa shape index (κ2) is 11.0. The molecule has 0 radical (unpaired) electrons. The fraction of sp³-hybridized carbons (Fsp3) is 0.417. The molecule has 0 unspecified atom stereocenters. The molecule has 0 spiro atoms. The Kier molecular flexibility index (Phi) is 8.03. The van der Waals surface area contributed by atoms with Crippen molar-refractivity contribution >= 4 is 51.6 Å². The Hall–Kier alpha value is -2.56. The van der Waals surface area contributed by atoms with Crippen LogP contribution in [-0.2, 0) is 29.4 Å². The van der Waals surface area contributed by atoms with E-state index in [4.69, 9.17) is 21.1 Å². The smallest absolute Gasteiger partial charge is 0.341 e. The van der Waals surface area contributed by atoms with E-state index in [9.17, 15) is 9.59 Å². The van der Waals surface area contributed by atoms with Crippen LogP contribution in [0.2, 0.25) is 5.02 Å². The number of benzene rings is 1. The van der Waals surface area contributed by atoms with Gasteiger partial charge >= 0.3 is 5.97 Å². The third-order valence-electron chi connectivity index (χ3n) is 5.54. The number of ether oxygens (including phenoxy) is 2. The number of hydrogen-bond donors (Lipinski definition) is 1. The summed E-state index contributed by atoms with van der Waals surface area (Å²) in [6.45, 7) is 3.64. The molecule has 1 aromatic carbocycles. The highest BCUT2D eigenvalue weighted by atomic mass is 35.5. The van der Waals surface area contributed by atoms with Gasteiger partial charge in [-0.3, -0.25) is 4.79 Å². The lowest BCUT2D eigenvalue weighted by atomic mass is 9.95. The number of methoxy groups -OCH3 is 1. The molecule has 0 bridgehead atoms. The number of amides is 1.